The van der Waals surface area contributed by atoms with E-state index in [4.69, 9.17) is 13.7 Å². The minimum atomic E-state index is -3.74. The van der Waals surface area contributed by atoms with E-state index in [1.807, 2.05) is 6.92 Å². The van der Waals surface area contributed by atoms with E-state index >= 15 is 0 Å². The molecule has 0 saturated carbocycles. The van der Waals surface area contributed by atoms with Crippen LogP contribution in [0.1, 0.15) is 35.2 Å². The lowest BCUT2D eigenvalue weighted by molar-refractivity contribution is 0.0949. The quantitative estimate of drug-likeness (QED) is 0.370. The van der Waals surface area contributed by atoms with E-state index in [0.717, 1.165) is 5.56 Å². The lowest BCUT2D eigenvalue weighted by Crippen LogP contribution is -2.25. The molecule has 0 aliphatic rings. The first-order valence-electron chi connectivity index (χ1n) is 9.44. The number of rotatable bonds is 11. The molecule has 0 aromatic heterocycles. The van der Waals surface area contributed by atoms with Gasteiger partial charge in [0.25, 0.3) is 16.0 Å². The van der Waals surface area contributed by atoms with Crippen molar-refractivity contribution in [3.63, 3.8) is 0 Å². The monoisotopic (exact) mass is 499 g/mol. The molecular formula is C21H26BrNO6S. The van der Waals surface area contributed by atoms with Crippen LogP contribution in [-0.2, 0) is 14.3 Å². The van der Waals surface area contributed by atoms with Crippen LogP contribution >= 0.6 is 15.9 Å². The van der Waals surface area contributed by atoms with Gasteiger partial charge in [-0.1, -0.05) is 33.6 Å². The molecule has 0 atom stereocenters. The molecule has 0 saturated heterocycles. The van der Waals surface area contributed by atoms with Gasteiger partial charge in [0.2, 0.25) is 0 Å². The van der Waals surface area contributed by atoms with E-state index < -0.39 is 10.1 Å². The number of benzene rings is 2. The van der Waals surface area contributed by atoms with E-state index in [1.165, 1.54) is 26.4 Å². The molecule has 0 bridgehead atoms. The standard InChI is InChI=1S/C21H26BrNO6S/c1-15-7-9-17(10-8-15)30(25,26)29-12-6-4-5-11-23-21(24)18-13-16(22)14-19(27-2)20(18)28-3/h7-10,13-14H,4-6,11-12H2,1-3H3,(H,23,24). The van der Waals surface area contributed by atoms with Crippen LogP contribution in [0.4, 0.5) is 0 Å². The largest absolute Gasteiger partial charge is 0.493 e. The Labute approximate surface area is 186 Å². The minimum absolute atomic E-state index is 0.0980. The van der Waals surface area contributed by atoms with Gasteiger partial charge in [-0.2, -0.15) is 8.42 Å². The molecule has 0 spiro atoms. The number of aryl methyl sites for hydroxylation is 1. The number of nitrogens with one attached hydrogen (secondary N) is 1. The fourth-order valence-electron chi connectivity index (χ4n) is 2.74. The molecule has 0 unspecified atom stereocenters. The SMILES string of the molecule is COc1cc(Br)cc(C(=O)NCCCCCOS(=O)(=O)c2ccc(C)cc2)c1OC. The third kappa shape index (κ3) is 6.72. The van der Waals surface area contributed by atoms with Crippen molar-refractivity contribution in [3.8, 4) is 11.5 Å². The van der Waals surface area contributed by atoms with Gasteiger partial charge >= 0.3 is 0 Å². The lowest BCUT2D eigenvalue weighted by atomic mass is 10.1. The van der Waals surface area contributed by atoms with Crippen LogP contribution in [0.5, 0.6) is 11.5 Å². The average molecular weight is 500 g/mol. The smallest absolute Gasteiger partial charge is 0.296 e. The predicted molar refractivity (Wildman–Crippen MR) is 118 cm³/mol. The highest BCUT2D eigenvalue weighted by Gasteiger charge is 2.18. The maximum absolute atomic E-state index is 12.5. The van der Waals surface area contributed by atoms with E-state index in [2.05, 4.69) is 21.2 Å². The third-order valence-electron chi connectivity index (χ3n) is 4.34. The Balaban J connectivity index is 1.75. The van der Waals surface area contributed by atoms with Gasteiger partial charge in [0.15, 0.2) is 11.5 Å². The number of ether oxygens (including phenoxy) is 2. The molecule has 0 aliphatic heterocycles. The normalized spacial score (nSPS) is 11.2. The summed E-state index contributed by atoms with van der Waals surface area (Å²) in [5.74, 6) is 0.557. The zero-order valence-electron chi connectivity index (χ0n) is 17.2. The molecule has 0 aliphatic carbocycles. The summed E-state index contributed by atoms with van der Waals surface area (Å²) in [4.78, 5) is 12.6. The highest BCUT2D eigenvalue weighted by atomic mass is 79.9. The molecule has 1 amide bonds. The van der Waals surface area contributed by atoms with E-state index in [-0.39, 0.29) is 17.4 Å². The van der Waals surface area contributed by atoms with E-state index in [1.54, 1.807) is 24.3 Å². The maximum Gasteiger partial charge on any atom is 0.296 e. The number of carbonyl (C=O) groups excluding carboxylic acids is 1. The van der Waals surface area contributed by atoms with E-state index in [9.17, 15) is 13.2 Å². The van der Waals surface area contributed by atoms with Crippen molar-refractivity contribution >= 4 is 32.0 Å². The zero-order valence-corrected chi connectivity index (χ0v) is 19.6. The van der Waals surface area contributed by atoms with Crippen molar-refractivity contribution in [3.05, 3.63) is 52.0 Å². The summed E-state index contributed by atoms with van der Waals surface area (Å²) < 4.78 is 40.5. The molecule has 2 aromatic rings. The molecule has 30 heavy (non-hydrogen) atoms. The Morgan fingerprint density at radius 2 is 1.73 bits per heavy atom. The number of hydrogen-bond acceptors (Lipinski definition) is 6. The Kier molecular flexibility index (Phi) is 9.13. The second kappa shape index (κ2) is 11.3. The Morgan fingerprint density at radius 1 is 1.03 bits per heavy atom. The molecule has 2 rings (SSSR count). The van der Waals surface area contributed by atoms with Crippen LogP contribution in [0.2, 0.25) is 0 Å². The first kappa shape index (κ1) is 24.2. The topological polar surface area (TPSA) is 90.9 Å². The van der Waals surface area contributed by atoms with E-state index in [0.29, 0.717) is 47.3 Å². The van der Waals surface area contributed by atoms with Crippen molar-refractivity contribution in [2.75, 3.05) is 27.4 Å². The van der Waals surface area contributed by atoms with Gasteiger partial charge < -0.3 is 14.8 Å². The predicted octanol–water partition coefficient (Wildman–Crippen LogP) is 4.08. The Bertz CT molecular complexity index is 960. The fraction of sp³-hybridized carbons (Fsp3) is 0.381. The molecule has 0 fully saturated rings. The maximum atomic E-state index is 12.5. The highest BCUT2D eigenvalue weighted by Crippen LogP contribution is 2.34. The number of carbonyl (C=O) groups is 1. The first-order valence-corrected chi connectivity index (χ1v) is 11.6. The molecule has 9 heteroatoms. The molecule has 1 N–H and O–H groups in total. The molecular weight excluding hydrogens is 474 g/mol. The van der Waals surface area contributed by atoms with Gasteiger partial charge in [0, 0.05) is 11.0 Å². The number of amides is 1. The second-order valence-electron chi connectivity index (χ2n) is 6.59. The summed E-state index contributed by atoms with van der Waals surface area (Å²) in [6.07, 6.45) is 1.96. The van der Waals surface area contributed by atoms with Gasteiger partial charge in [-0.25, -0.2) is 0 Å². The number of hydrogen-bond donors (Lipinski definition) is 1. The van der Waals surface area contributed by atoms with Crippen LogP contribution in [0.15, 0.2) is 45.8 Å². The van der Waals surface area contributed by atoms with Gasteiger partial charge in [0.1, 0.15) is 0 Å². The Morgan fingerprint density at radius 3 is 2.37 bits per heavy atom. The lowest BCUT2D eigenvalue weighted by Gasteiger charge is -2.13. The summed E-state index contributed by atoms with van der Waals surface area (Å²) in [5.41, 5.74) is 1.35. The second-order valence-corrected chi connectivity index (χ2v) is 9.13. The Hall–Kier alpha value is -2.10. The van der Waals surface area contributed by atoms with Crippen molar-refractivity contribution in [2.45, 2.75) is 31.1 Å². The summed E-state index contributed by atoms with van der Waals surface area (Å²) in [6.45, 7) is 2.43. The van der Waals surface area contributed by atoms with Gasteiger partial charge in [-0.05, 0) is 50.5 Å². The molecule has 2 aromatic carbocycles. The van der Waals surface area contributed by atoms with Crippen LogP contribution in [0.3, 0.4) is 0 Å². The number of halogens is 1. The molecule has 0 heterocycles. The average Bonchev–Trinajstić information content (AvgIpc) is 2.72. The summed E-state index contributed by atoms with van der Waals surface area (Å²) in [5, 5.41) is 2.84. The van der Waals surface area contributed by atoms with Crippen LogP contribution in [-0.4, -0.2) is 41.7 Å². The fourth-order valence-corrected chi connectivity index (χ4v) is 4.12. The van der Waals surface area contributed by atoms with Crippen LogP contribution in [0.25, 0.3) is 0 Å². The van der Waals surface area contributed by atoms with Crippen LogP contribution < -0.4 is 14.8 Å². The van der Waals surface area contributed by atoms with Gasteiger partial charge in [0.05, 0.1) is 31.3 Å². The molecule has 7 nitrogen and oxygen atoms in total. The molecule has 164 valence electrons. The van der Waals surface area contributed by atoms with Gasteiger partial charge in [-0.3, -0.25) is 8.98 Å². The minimum Gasteiger partial charge on any atom is -0.493 e. The molecule has 0 radical (unpaired) electrons. The van der Waals surface area contributed by atoms with Gasteiger partial charge in [-0.15, -0.1) is 0 Å². The van der Waals surface area contributed by atoms with Crippen LogP contribution in [0, 0.1) is 6.92 Å². The first-order chi connectivity index (χ1) is 14.3. The number of methoxy groups -OCH3 is 2. The summed E-state index contributed by atoms with van der Waals surface area (Å²) in [6, 6.07) is 9.92. The zero-order chi connectivity index (χ0) is 22.1. The van der Waals surface area contributed by atoms with Crippen molar-refractivity contribution in [2.24, 2.45) is 0 Å². The van der Waals surface area contributed by atoms with Crippen molar-refractivity contribution in [1.29, 1.82) is 0 Å². The third-order valence-corrected chi connectivity index (χ3v) is 6.13. The van der Waals surface area contributed by atoms with Crippen molar-refractivity contribution in [1.82, 2.24) is 5.32 Å². The summed E-state index contributed by atoms with van der Waals surface area (Å²) in [7, 11) is -0.751. The van der Waals surface area contributed by atoms with Crippen molar-refractivity contribution < 1.29 is 26.9 Å². The number of unbranched alkanes of at least 4 members (excludes halogenated alkanes) is 2. The summed E-state index contributed by atoms with van der Waals surface area (Å²) >= 11 is 3.35. The highest BCUT2D eigenvalue weighted by molar-refractivity contribution is 9.10.